The number of ether oxygens (including phenoxy) is 1. The van der Waals surface area contributed by atoms with Crippen LogP contribution in [0, 0.1) is 0 Å². The summed E-state index contributed by atoms with van der Waals surface area (Å²) in [7, 11) is -3.47. The van der Waals surface area contributed by atoms with Crippen molar-refractivity contribution in [3.05, 3.63) is 35.2 Å². The normalized spacial score (nSPS) is 17.4. The third kappa shape index (κ3) is 4.40. The lowest BCUT2D eigenvalue weighted by Gasteiger charge is -2.20. The number of carbonyl (C=O) groups excluding carboxylic acids is 2. The van der Waals surface area contributed by atoms with E-state index in [9.17, 15) is 18.0 Å². The molecule has 1 N–H and O–H groups in total. The second kappa shape index (κ2) is 8.38. The highest BCUT2D eigenvalue weighted by molar-refractivity contribution is 7.88. The topological polar surface area (TPSA) is 106 Å². The van der Waals surface area contributed by atoms with E-state index in [0.717, 1.165) is 23.2 Å². The van der Waals surface area contributed by atoms with E-state index in [0.29, 0.717) is 25.1 Å². The third-order valence-electron chi connectivity index (χ3n) is 4.30. The van der Waals surface area contributed by atoms with E-state index in [1.54, 1.807) is 6.92 Å². The van der Waals surface area contributed by atoms with Crippen molar-refractivity contribution in [3.8, 4) is 11.3 Å². The number of hydrogen-bond donors (Lipinski definition) is 1. The predicted molar refractivity (Wildman–Crippen MR) is 107 cm³/mol. The largest absolute Gasteiger partial charge is 0.462 e. The number of nitrogens with one attached hydrogen (secondary N) is 1. The van der Waals surface area contributed by atoms with Crippen molar-refractivity contribution in [2.75, 3.05) is 24.7 Å². The molecule has 1 atom stereocenters. The molecule has 1 aromatic carbocycles. The Morgan fingerprint density at radius 1 is 1.32 bits per heavy atom. The first-order valence-electron chi connectivity index (χ1n) is 8.82. The lowest BCUT2D eigenvalue weighted by molar-refractivity contribution is -0.119. The van der Waals surface area contributed by atoms with Crippen LogP contribution in [-0.2, 0) is 19.6 Å². The van der Waals surface area contributed by atoms with E-state index in [1.807, 2.05) is 30.3 Å². The van der Waals surface area contributed by atoms with Crippen molar-refractivity contribution in [2.45, 2.75) is 25.8 Å². The SMILES string of the molecule is CCOC(=O)c1sc(NC(=O)[C@H]2CCCN2S(C)(=O)=O)nc1-c1ccccc1. The smallest absolute Gasteiger partial charge is 0.350 e. The number of thiazole rings is 1. The summed E-state index contributed by atoms with van der Waals surface area (Å²) < 4.78 is 30.0. The van der Waals surface area contributed by atoms with Gasteiger partial charge in [0.05, 0.1) is 18.6 Å². The molecule has 3 rings (SSSR count). The van der Waals surface area contributed by atoms with Gasteiger partial charge in [-0.05, 0) is 19.8 Å². The van der Waals surface area contributed by atoms with Crippen LogP contribution in [0.1, 0.15) is 29.4 Å². The minimum absolute atomic E-state index is 0.220. The molecular weight excluding hydrogens is 402 g/mol. The van der Waals surface area contributed by atoms with Gasteiger partial charge in [-0.1, -0.05) is 41.7 Å². The highest BCUT2D eigenvalue weighted by atomic mass is 32.2. The Hall–Kier alpha value is -2.30. The van der Waals surface area contributed by atoms with Crippen LogP contribution >= 0.6 is 11.3 Å². The van der Waals surface area contributed by atoms with Crippen molar-refractivity contribution in [1.29, 1.82) is 0 Å². The van der Waals surface area contributed by atoms with E-state index in [-0.39, 0.29) is 16.6 Å². The average Bonchev–Trinajstić information content (AvgIpc) is 3.29. The zero-order valence-corrected chi connectivity index (χ0v) is 17.2. The van der Waals surface area contributed by atoms with Crippen molar-refractivity contribution >= 4 is 38.4 Å². The highest BCUT2D eigenvalue weighted by Crippen LogP contribution is 2.32. The Balaban J connectivity index is 1.88. The Kier molecular flexibility index (Phi) is 6.11. The van der Waals surface area contributed by atoms with Crippen LogP contribution in [0.2, 0.25) is 0 Å². The first-order chi connectivity index (χ1) is 13.3. The molecule has 2 aromatic rings. The molecule has 2 heterocycles. The van der Waals surface area contributed by atoms with Crippen LogP contribution in [0.4, 0.5) is 5.13 Å². The van der Waals surface area contributed by atoms with E-state index in [2.05, 4.69) is 10.3 Å². The van der Waals surface area contributed by atoms with E-state index < -0.39 is 27.9 Å². The summed E-state index contributed by atoms with van der Waals surface area (Å²) in [6, 6.07) is 8.35. The second-order valence-corrected chi connectivity index (χ2v) is 9.24. The summed E-state index contributed by atoms with van der Waals surface area (Å²) in [6.07, 6.45) is 2.15. The van der Waals surface area contributed by atoms with E-state index in [4.69, 9.17) is 4.74 Å². The van der Waals surface area contributed by atoms with Crippen LogP contribution in [0.3, 0.4) is 0 Å². The van der Waals surface area contributed by atoms with Gasteiger partial charge in [-0.15, -0.1) is 0 Å². The van der Waals surface area contributed by atoms with Crippen LogP contribution in [0.15, 0.2) is 30.3 Å². The quantitative estimate of drug-likeness (QED) is 0.715. The lowest BCUT2D eigenvalue weighted by atomic mass is 10.1. The Morgan fingerprint density at radius 2 is 2.04 bits per heavy atom. The fraction of sp³-hybridized carbons (Fsp3) is 0.389. The molecule has 8 nitrogen and oxygen atoms in total. The first-order valence-corrected chi connectivity index (χ1v) is 11.5. The zero-order chi connectivity index (χ0) is 20.3. The summed E-state index contributed by atoms with van der Waals surface area (Å²) in [4.78, 5) is 29.7. The van der Waals surface area contributed by atoms with Gasteiger partial charge in [0.1, 0.15) is 10.9 Å². The molecule has 0 bridgehead atoms. The molecule has 1 aromatic heterocycles. The fourth-order valence-electron chi connectivity index (χ4n) is 3.09. The maximum atomic E-state index is 12.7. The molecule has 0 saturated carbocycles. The van der Waals surface area contributed by atoms with Crippen molar-refractivity contribution in [2.24, 2.45) is 0 Å². The number of rotatable bonds is 6. The molecule has 0 aliphatic carbocycles. The highest BCUT2D eigenvalue weighted by Gasteiger charge is 2.37. The lowest BCUT2D eigenvalue weighted by Crippen LogP contribution is -2.42. The number of esters is 1. The van der Waals surface area contributed by atoms with Crippen LogP contribution in [-0.4, -0.2) is 55.0 Å². The minimum Gasteiger partial charge on any atom is -0.462 e. The molecule has 28 heavy (non-hydrogen) atoms. The summed E-state index contributed by atoms with van der Waals surface area (Å²) in [5.74, 6) is -0.968. The maximum Gasteiger partial charge on any atom is 0.350 e. The van der Waals surface area contributed by atoms with Gasteiger partial charge >= 0.3 is 5.97 Å². The number of aromatic nitrogens is 1. The average molecular weight is 424 g/mol. The van der Waals surface area contributed by atoms with Gasteiger partial charge in [0.25, 0.3) is 0 Å². The van der Waals surface area contributed by atoms with Gasteiger partial charge in [-0.2, -0.15) is 4.31 Å². The fourth-order valence-corrected chi connectivity index (χ4v) is 5.10. The zero-order valence-electron chi connectivity index (χ0n) is 15.5. The second-order valence-electron chi connectivity index (χ2n) is 6.30. The third-order valence-corrected chi connectivity index (χ3v) is 6.54. The molecule has 0 spiro atoms. The van der Waals surface area contributed by atoms with Gasteiger partial charge in [-0.25, -0.2) is 18.2 Å². The summed E-state index contributed by atoms with van der Waals surface area (Å²) in [5, 5.41) is 2.90. The molecule has 1 amide bonds. The van der Waals surface area contributed by atoms with Gasteiger partial charge in [0.15, 0.2) is 5.13 Å². The molecule has 1 fully saturated rings. The molecule has 1 aliphatic rings. The van der Waals surface area contributed by atoms with Gasteiger partial charge in [-0.3, -0.25) is 4.79 Å². The number of benzene rings is 1. The molecule has 0 unspecified atom stereocenters. The van der Waals surface area contributed by atoms with E-state index >= 15 is 0 Å². The number of nitrogens with zero attached hydrogens (tertiary/aromatic N) is 2. The van der Waals surface area contributed by atoms with Crippen LogP contribution < -0.4 is 5.32 Å². The van der Waals surface area contributed by atoms with Crippen LogP contribution in [0.25, 0.3) is 11.3 Å². The van der Waals surface area contributed by atoms with Crippen LogP contribution in [0.5, 0.6) is 0 Å². The van der Waals surface area contributed by atoms with Gasteiger partial charge < -0.3 is 10.1 Å². The Labute approximate surface area is 167 Å². The molecule has 0 radical (unpaired) electrons. The Morgan fingerprint density at radius 3 is 2.68 bits per heavy atom. The first kappa shape index (κ1) is 20.4. The minimum atomic E-state index is -3.47. The Bertz CT molecular complexity index is 972. The van der Waals surface area contributed by atoms with E-state index in [1.165, 1.54) is 4.31 Å². The number of carbonyl (C=O) groups is 2. The number of anilines is 1. The number of amides is 1. The van der Waals surface area contributed by atoms with Crippen molar-refractivity contribution in [3.63, 3.8) is 0 Å². The molecule has 150 valence electrons. The molecule has 1 saturated heterocycles. The molecule has 10 heteroatoms. The van der Waals surface area contributed by atoms with Gasteiger partial charge in [0, 0.05) is 12.1 Å². The molecule has 1 aliphatic heterocycles. The summed E-state index contributed by atoms with van der Waals surface area (Å²) in [6.45, 7) is 2.25. The summed E-state index contributed by atoms with van der Waals surface area (Å²) in [5.41, 5.74) is 1.15. The predicted octanol–water partition coefficient (Wildman–Crippen LogP) is 2.35. The number of sulfonamides is 1. The van der Waals surface area contributed by atoms with Crippen molar-refractivity contribution in [1.82, 2.24) is 9.29 Å². The standard InChI is InChI=1S/C18H21N3O5S2/c1-3-26-17(23)15-14(12-8-5-4-6-9-12)19-18(27-15)20-16(22)13-10-7-11-21(13)28(2,24)25/h4-6,8-9,13H,3,7,10-11H2,1-2H3,(H,19,20,22)/t13-/m1/s1. The van der Waals surface area contributed by atoms with Gasteiger partial charge in [0.2, 0.25) is 15.9 Å². The number of hydrogen-bond acceptors (Lipinski definition) is 7. The molecular formula is C18H21N3O5S2. The summed E-state index contributed by atoms with van der Waals surface area (Å²) >= 11 is 1.01. The van der Waals surface area contributed by atoms with Crippen molar-refractivity contribution < 1.29 is 22.7 Å². The monoisotopic (exact) mass is 423 g/mol. The maximum absolute atomic E-state index is 12.7.